The zero-order valence-electron chi connectivity index (χ0n) is 7.25. The van der Waals surface area contributed by atoms with E-state index >= 15 is 0 Å². The second-order valence-electron chi connectivity index (χ2n) is 3.11. The summed E-state index contributed by atoms with van der Waals surface area (Å²) in [5.74, 6) is 0. The van der Waals surface area contributed by atoms with Crippen LogP contribution in [-0.4, -0.2) is 29.9 Å². The maximum absolute atomic E-state index is 4.28. The van der Waals surface area contributed by atoms with Crippen LogP contribution in [0.1, 0.15) is 12.5 Å². The Morgan fingerprint density at radius 1 is 1.75 bits per heavy atom. The molecule has 0 spiro atoms. The van der Waals surface area contributed by atoms with Gasteiger partial charge in [-0.15, -0.1) is 0 Å². The van der Waals surface area contributed by atoms with Gasteiger partial charge in [0, 0.05) is 19.8 Å². The highest BCUT2D eigenvalue weighted by Gasteiger charge is 2.16. The first-order valence-electron chi connectivity index (χ1n) is 4.33. The Labute approximate surface area is 72.0 Å². The molecule has 2 rings (SSSR count). The fourth-order valence-electron chi connectivity index (χ4n) is 1.53. The molecule has 0 bridgehead atoms. The van der Waals surface area contributed by atoms with Gasteiger partial charge in [-0.2, -0.15) is 5.10 Å². The molecular formula is C8H14N4. The first kappa shape index (κ1) is 7.61. The molecule has 1 aromatic heterocycles. The maximum Gasteiger partial charge on any atom is 0.0724 e. The predicted molar refractivity (Wildman–Crippen MR) is 48.3 cm³/mol. The van der Waals surface area contributed by atoms with Crippen molar-refractivity contribution in [2.24, 2.45) is 0 Å². The van der Waals surface area contributed by atoms with E-state index in [1.165, 1.54) is 6.42 Å². The number of hydrogen-bond acceptors (Lipinski definition) is 3. The van der Waals surface area contributed by atoms with E-state index in [9.17, 15) is 0 Å². The van der Waals surface area contributed by atoms with Gasteiger partial charge in [-0.3, -0.25) is 4.68 Å². The summed E-state index contributed by atoms with van der Waals surface area (Å²) >= 11 is 0. The average molecular weight is 166 g/mol. The summed E-state index contributed by atoms with van der Waals surface area (Å²) in [5, 5.41) is 10.7. The Bertz CT molecular complexity index is 249. The van der Waals surface area contributed by atoms with Gasteiger partial charge in [-0.1, -0.05) is 0 Å². The van der Waals surface area contributed by atoms with Gasteiger partial charge in [-0.05, 0) is 13.0 Å². The van der Waals surface area contributed by atoms with Gasteiger partial charge in [-0.25, -0.2) is 0 Å². The third kappa shape index (κ3) is 1.30. The Balaban J connectivity index is 2.11. The Hall–Kier alpha value is -1.03. The lowest BCUT2D eigenvalue weighted by Crippen LogP contribution is -2.13. The minimum absolute atomic E-state index is 0.548. The predicted octanol–water partition coefficient (Wildman–Crippen LogP) is 0.459. The van der Waals surface area contributed by atoms with E-state index in [0.717, 1.165) is 18.8 Å². The molecular weight excluding hydrogens is 152 g/mol. The Morgan fingerprint density at radius 2 is 2.67 bits per heavy atom. The Kier molecular flexibility index (Phi) is 1.99. The third-order valence-electron chi connectivity index (χ3n) is 2.30. The summed E-state index contributed by atoms with van der Waals surface area (Å²) in [6.07, 6.45) is 5.10. The van der Waals surface area contributed by atoms with E-state index in [1.807, 2.05) is 17.9 Å². The van der Waals surface area contributed by atoms with Crippen LogP contribution in [0.3, 0.4) is 0 Å². The van der Waals surface area contributed by atoms with Crippen LogP contribution in [0.25, 0.3) is 0 Å². The molecule has 0 saturated carbocycles. The van der Waals surface area contributed by atoms with Crippen LogP contribution in [0.4, 0.5) is 5.69 Å². The minimum Gasteiger partial charge on any atom is -0.386 e. The monoisotopic (exact) mass is 166 g/mol. The lowest BCUT2D eigenvalue weighted by atomic mass is 10.3. The van der Waals surface area contributed by atoms with E-state index in [4.69, 9.17) is 0 Å². The number of anilines is 1. The molecule has 1 aromatic rings. The smallest absolute Gasteiger partial charge is 0.0724 e. The van der Waals surface area contributed by atoms with Crippen LogP contribution in [0.2, 0.25) is 0 Å². The number of aromatic nitrogens is 2. The van der Waals surface area contributed by atoms with E-state index in [1.54, 1.807) is 0 Å². The molecule has 1 fully saturated rings. The van der Waals surface area contributed by atoms with Crippen molar-refractivity contribution in [3.05, 3.63) is 12.4 Å². The first-order chi connectivity index (χ1) is 5.90. The SMILES string of the molecule is CNc1cnn(C2CCNC2)c1. The largest absolute Gasteiger partial charge is 0.386 e. The van der Waals surface area contributed by atoms with Crippen molar-refractivity contribution in [1.29, 1.82) is 0 Å². The highest BCUT2D eigenvalue weighted by atomic mass is 15.3. The fraction of sp³-hybridized carbons (Fsp3) is 0.625. The molecule has 1 aliphatic rings. The summed E-state index contributed by atoms with van der Waals surface area (Å²) in [5.41, 5.74) is 1.09. The van der Waals surface area contributed by atoms with E-state index < -0.39 is 0 Å². The maximum atomic E-state index is 4.28. The fourth-order valence-corrected chi connectivity index (χ4v) is 1.53. The van der Waals surface area contributed by atoms with Crippen LogP contribution in [0.5, 0.6) is 0 Å². The molecule has 1 aliphatic heterocycles. The van der Waals surface area contributed by atoms with Crippen LogP contribution in [0.15, 0.2) is 12.4 Å². The molecule has 66 valence electrons. The van der Waals surface area contributed by atoms with Crippen LogP contribution < -0.4 is 10.6 Å². The van der Waals surface area contributed by atoms with E-state index in [-0.39, 0.29) is 0 Å². The van der Waals surface area contributed by atoms with Crippen molar-refractivity contribution in [2.45, 2.75) is 12.5 Å². The van der Waals surface area contributed by atoms with Gasteiger partial charge in [0.05, 0.1) is 17.9 Å². The summed E-state index contributed by atoms with van der Waals surface area (Å²) in [7, 11) is 1.91. The second-order valence-corrected chi connectivity index (χ2v) is 3.11. The molecule has 1 atom stereocenters. The molecule has 2 N–H and O–H groups in total. The number of nitrogens with zero attached hydrogens (tertiary/aromatic N) is 2. The zero-order valence-corrected chi connectivity index (χ0v) is 7.25. The summed E-state index contributed by atoms with van der Waals surface area (Å²) in [6, 6.07) is 0.548. The molecule has 0 amide bonds. The van der Waals surface area contributed by atoms with Gasteiger partial charge >= 0.3 is 0 Å². The molecule has 1 unspecified atom stereocenters. The molecule has 12 heavy (non-hydrogen) atoms. The Morgan fingerprint density at radius 3 is 3.25 bits per heavy atom. The lowest BCUT2D eigenvalue weighted by Gasteiger charge is -2.07. The topological polar surface area (TPSA) is 41.9 Å². The van der Waals surface area contributed by atoms with Crippen LogP contribution >= 0.6 is 0 Å². The van der Waals surface area contributed by atoms with Gasteiger partial charge in [0.15, 0.2) is 0 Å². The molecule has 2 heterocycles. The third-order valence-corrected chi connectivity index (χ3v) is 2.30. The lowest BCUT2D eigenvalue weighted by molar-refractivity contribution is 0.491. The molecule has 0 aliphatic carbocycles. The zero-order chi connectivity index (χ0) is 8.39. The number of hydrogen-bond donors (Lipinski definition) is 2. The standard InChI is InChI=1S/C8H14N4/c1-9-7-4-11-12(6-7)8-2-3-10-5-8/h4,6,8-10H,2-3,5H2,1H3. The summed E-state index contributed by atoms with van der Waals surface area (Å²) in [4.78, 5) is 0. The van der Waals surface area contributed by atoms with Gasteiger partial charge in [0.2, 0.25) is 0 Å². The molecule has 4 nitrogen and oxygen atoms in total. The van der Waals surface area contributed by atoms with Crippen molar-refractivity contribution < 1.29 is 0 Å². The van der Waals surface area contributed by atoms with Crippen molar-refractivity contribution in [2.75, 3.05) is 25.5 Å². The molecule has 1 saturated heterocycles. The average Bonchev–Trinajstić information content (AvgIpc) is 2.75. The van der Waals surface area contributed by atoms with Crippen molar-refractivity contribution >= 4 is 5.69 Å². The quantitative estimate of drug-likeness (QED) is 0.670. The summed E-state index contributed by atoms with van der Waals surface area (Å²) in [6.45, 7) is 2.16. The highest BCUT2D eigenvalue weighted by Crippen LogP contribution is 2.15. The number of nitrogens with one attached hydrogen (secondary N) is 2. The molecule has 4 heteroatoms. The van der Waals surface area contributed by atoms with Crippen LogP contribution in [-0.2, 0) is 0 Å². The van der Waals surface area contributed by atoms with E-state index in [2.05, 4.69) is 21.9 Å². The minimum atomic E-state index is 0.548. The van der Waals surface area contributed by atoms with Crippen LogP contribution in [0, 0.1) is 0 Å². The summed E-state index contributed by atoms with van der Waals surface area (Å²) < 4.78 is 2.03. The van der Waals surface area contributed by atoms with Gasteiger partial charge < -0.3 is 10.6 Å². The van der Waals surface area contributed by atoms with Crippen molar-refractivity contribution in [1.82, 2.24) is 15.1 Å². The molecule has 0 aromatic carbocycles. The highest BCUT2D eigenvalue weighted by molar-refractivity contribution is 5.37. The van der Waals surface area contributed by atoms with Gasteiger partial charge in [0.1, 0.15) is 0 Å². The van der Waals surface area contributed by atoms with Crippen molar-refractivity contribution in [3.63, 3.8) is 0 Å². The van der Waals surface area contributed by atoms with Crippen molar-refractivity contribution in [3.8, 4) is 0 Å². The van der Waals surface area contributed by atoms with E-state index in [0.29, 0.717) is 6.04 Å². The van der Waals surface area contributed by atoms with Gasteiger partial charge in [0.25, 0.3) is 0 Å². The second kappa shape index (κ2) is 3.15. The molecule has 0 radical (unpaired) electrons. The first-order valence-corrected chi connectivity index (χ1v) is 4.33. The normalized spacial score (nSPS) is 22.9. The number of rotatable bonds is 2.